The first-order valence-corrected chi connectivity index (χ1v) is 5.39. The molecule has 82 valence electrons. The van der Waals surface area contributed by atoms with Gasteiger partial charge in [-0.3, -0.25) is 0 Å². The number of aromatic hydroxyl groups is 1. The van der Waals surface area contributed by atoms with E-state index in [9.17, 15) is 9.50 Å². The van der Waals surface area contributed by atoms with Crippen LogP contribution in [0.1, 0.15) is 29.9 Å². The first-order valence-electron chi connectivity index (χ1n) is 5.39. The predicted molar refractivity (Wildman–Crippen MR) is 57.6 cm³/mol. The topological polar surface area (TPSA) is 32.3 Å². The highest BCUT2D eigenvalue weighted by Gasteiger charge is 2.21. The third-order valence-electron chi connectivity index (χ3n) is 3.13. The first kappa shape index (κ1) is 10.4. The standard InChI is InChI=1S/C12H16FNO/c1-8-10(13)4-5-11(15)12(8)9-3-2-6-14-7-9/h4-5,9,14-15H,2-3,6-7H2,1H3. The summed E-state index contributed by atoms with van der Waals surface area (Å²) in [6.07, 6.45) is 2.10. The molecule has 0 aliphatic carbocycles. The largest absolute Gasteiger partial charge is 0.508 e. The molecule has 0 radical (unpaired) electrons. The fraction of sp³-hybridized carbons (Fsp3) is 0.500. The minimum absolute atomic E-state index is 0.225. The second-order valence-corrected chi connectivity index (χ2v) is 4.15. The van der Waals surface area contributed by atoms with E-state index in [-0.39, 0.29) is 17.5 Å². The van der Waals surface area contributed by atoms with Crippen LogP contribution in [0.5, 0.6) is 5.75 Å². The molecule has 15 heavy (non-hydrogen) atoms. The molecular weight excluding hydrogens is 193 g/mol. The molecule has 0 bridgehead atoms. The monoisotopic (exact) mass is 209 g/mol. The van der Waals surface area contributed by atoms with Crippen molar-refractivity contribution < 1.29 is 9.50 Å². The Morgan fingerprint density at radius 1 is 1.47 bits per heavy atom. The normalized spacial score (nSPS) is 21.6. The van der Waals surface area contributed by atoms with Gasteiger partial charge in [-0.2, -0.15) is 0 Å². The van der Waals surface area contributed by atoms with Crippen molar-refractivity contribution in [1.29, 1.82) is 0 Å². The maximum atomic E-state index is 13.4. The Morgan fingerprint density at radius 3 is 2.93 bits per heavy atom. The molecule has 1 aliphatic rings. The number of phenols is 1. The van der Waals surface area contributed by atoms with E-state index in [0.29, 0.717) is 5.56 Å². The lowest BCUT2D eigenvalue weighted by atomic mass is 9.88. The van der Waals surface area contributed by atoms with Crippen LogP contribution in [-0.4, -0.2) is 18.2 Å². The molecule has 0 amide bonds. The molecule has 2 nitrogen and oxygen atoms in total. The van der Waals surface area contributed by atoms with Gasteiger partial charge < -0.3 is 10.4 Å². The maximum absolute atomic E-state index is 13.4. The van der Waals surface area contributed by atoms with Gasteiger partial charge in [0.1, 0.15) is 11.6 Å². The molecule has 1 atom stereocenters. The van der Waals surface area contributed by atoms with Crippen molar-refractivity contribution in [2.45, 2.75) is 25.7 Å². The lowest BCUT2D eigenvalue weighted by Crippen LogP contribution is -2.28. The molecule has 1 unspecified atom stereocenters. The second kappa shape index (κ2) is 4.19. The Morgan fingerprint density at radius 2 is 2.27 bits per heavy atom. The summed E-state index contributed by atoms with van der Waals surface area (Å²) in [5.41, 5.74) is 1.37. The third kappa shape index (κ3) is 1.97. The second-order valence-electron chi connectivity index (χ2n) is 4.15. The van der Waals surface area contributed by atoms with Crippen LogP contribution in [0.2, 0.25) is 0 Å². The molecule has 1 heterocycles. The lowest BCUT2D eigenvalue weighted by Gasteiger charge is -2.25. The van der Waals surface area contributed by atoms with Gasteiger partial charge in [-0.1, -0.05) is 0 Å². The number of benzene rings is 1. The van der Waals surface area contributed by atoms with Gasteiger partial charge in [-0.25, -0.2) is 4.39 Å². The summed E-state index contributed by atoms with van der Waals surface area (Å²) in [6, 6.07) is 2.77. The van der Waals surface area contributed by atoms with Crippen LogP contribution < -0.4 is 5.32 Å². The first-order chi connectivity index (χ1) is 7.20. The van der Waals surface area contributed by atoms with Gasteiger partial charge in [0.25, 0.3) is 0 Å². The average Bonchev–Trinajstić information content (AvgIpc) is 2.26. The number of rotatable bonds is 1. The van der Waals surface area contributed by atoms with E-state index in [1.165, 1.54) is 12.1 Å². The lowest BCUT2D eigenvalue weighted by molar-refractivity contribution is 0.420. The van der Waals surface area contributed by atoms with E-state index in [1.54, 1.807) is 6.92 Å². The zero-order chi connectivity index (χ0) is 10.8. The highest BCUT2D eigenvalue weighted by atomic mass is 19.1. The predicted octanol–water partition coefficient (Wildman–Crippen LogP) is 2.31. The van der Waals surface area contributed by atoms with Crippen molar-refractivity contribution in [3.63, 3.8) is 0 Å². The summed E-state index contributed by atoms with van der Waals surface area (Å²) in [7, 11) is 0. The van der Waals surface area contributed by atoms with Crippen molar-refractivity contribution >= 4 is 0 Å². The quantitative estimate of drug-likeness (QED) is 0.744. The van der Waals surface area contributed by atoms with Crippen LogP contribution in [0.15, 0.2) is 12.1 Å². The summed E-state index contributed by atoms with van der Waals surface area (Å²) in [5.74, 6) is 0.241. The summed E-state index contributed by atoms with van der Waals surface area (Å²) in [6.45, 7) is 3.59. The fourth-order valence-electron chi connectivity index (χ4n) is 2.30. The molecular formula is C12H16FNO. The Hall–Kier alpha value is -1.09. The van der Waals surface area contributed by atoms with Crippen molar-refractivity contribution in [1.82, 2.24) is 5.32 Å². The molecule has 3 heteroatoms. The number of phenolic OH excluding ortho intramolecular Hbond substituents is 1. The SMILES string of the molecule is Cc1c(F)ccc(O)c1C1CCCNC1. The Balaban J connectivity index is 2.36. The molecule has 0 aromatic heterocycles. The highest BCUT2D eigenvalue weighted by molar-refractivity contribution is 5.42. The smallest absolute Gasteiger partial charge is 0.126 e. The van der Waals surface area contributed by atoms with Crippen LogP contribution >= 0.6 is 0 Å². The molecule has 1 aromatic carbocycles. The van der Waals surface area contributed by atoms with Gasteiger partial charge in [-0.05, 0) is 44.0 Å². The zero-order valence-corrected chi connectivity index (χ0v) is 8.89. The number of halogens is 1. The number of nitrogens with one attached hydrogen (secondary N) is 1. The van der Waals surface area contributed by atoms with Crippen molar-refractivity contribution in [2.75, 3.05) is 13.1 Å². The fourth-order valence-corrected chi connectivity index (χ4v) is 2.30. The number of piperidine rings is 1. The Labute approximate surface area is 89.1 Å². The zero-order valence-electron chi connectivity index (χ0n) is 8.89. The minimum Gasteiger partial charge on any atom is -0.508 e. The van der Waals surface area contributed by atoms with E-state index < -0.39 is 0 Å². The summed E-state index contributed by atoms with van der Waals surface area (Å²) in [4.78, 5) is 0. The van der Waals surface area contributed by atoms with Crippen molar-refractivity contribution in [3.05, 3.63) is 29.1 Å². The summed E-state index contributed by atoms with van der Waals surface area (Å²) in [5, 5.41) is 13.0. The molecule has 0 spiro atoms. The van der Waals surface area contributed by atoms with E-state index in [4.69, 9.17) is 0 Å². The summed E-state index contributed by atoms with van der Waals surface area (Å²) < 4.78 is 13.4. The molecule has 1 fully saturated rings. The number of hydrogen-bond donors (Lipinski definition) is 2. The molecule has 1 saturated heterocycles. The molecule has 2 rings (SSSR count). The summed E-state index contributed by atoms with van der Waals surface area (Å²) >= 11 is 0. The molecule has 1 aliphatic heterocycles. The van der Waals surface area contributed by atoms with Gasteiger partial charge in [-0.15, -0.1) is 0 Å². The Kier molecular flexibility index (Phi) is 2.91. The minimum atomic E-state index is -0.228. The molecule has 1 aromatic rings. The van der Waals surface area contributed by atoms with Crippen molar-refractivity contribution in [2.24, 2.45) is 0 Å². The van der Waals surface area contributed by atoms with Crippen LogP contribution in [-0.2, 0) is 0 Å². The van der Waals surface area contributed by atoms with Crippen LogP contribution in [0, 0.1) is 12.7 Å². The van der Waals surface area contributed by atoms with Gasteiger partial charge >= 0.3 is 0 Å². The van der Waals surface area contributed by atoms with Crippen LogP contribution in [0.4, 0.5) is 4.39 Å². The third-order valence-corrected chi connectivity index (χ3v) is 3.13. The van der Waals surface area contributed by atoms with Crippen LogP contribution in [0.3, 0.4) is 0 Å². The van der Waals surface area contributed by atoms with E-state index in [0.717, 1.165) is 31.5 Å². The molecule has 0 saturated carbocycles. The van der Waals surface area contributed by atoms with Gasteiger partial charge in [0.15, 0.2) is 0 Å². The van der Waals surface area contributed by atoms with Gasteiger partial charge in [0.05, 0.1) is 0 Å². The highest BCUT2D eigenvalue weighted by Crippen LogP contribution is 2.34. The van der Waals surface area contributed by atoms with Crippen molar-refractivity contribution in [3.8, 4) is 5.75 Å². The Bertz CT molecular complexity index is 359. The van der Waals surface area contributed by atoms with E-state index in [2.05, 4.69) is 5.32 Å². The van der Waals surface area contributed by atoms with Gasteiger partial charge in [0, 0.05) is 18.0 Å². The van der Waals surface area contributed by atoms with E-state index in [1.807, 2.05) is 0 Å². The van der Waals surface area contributed by atoms with Gasteiger partial charge in [0.2, 0.25) is 0 Å². The molecule has 2 N–H and O–H groups in total. The van der Waals surface area contributed by atoms with E-state index >= 15 is 0 Å². The average molecular weight is 209 g/mol. The maximum Gasteiger partial charge on any atom is 0.126 e. The van der Waals surface area contributed by atoms with Crippen LogP contribution in [0.25, 0.3) is 0 Å². The number of hydrogen-bond acceptors (Lipinski definition) is 2.